The molecule has 6 heteroatoms. The van der Waals surface area contributed by atoms with E-state index in [1.165, 1.54) is 0 Å². The molecule has 0 bridgehead atoms. The van der Waals surface area contributed by atoms with Gasteiger partial charge in [-0.15, -0.1) is 0 Å². The van der Waals surface area contributed by atoms with E-state index >= 15 is 0 Å². The molecule has 0 aliphatic carbocycles. The molecular weight excluding hydrogens is 234 g/mol. The number of carbonyl (C=O) groups excluding carboxylic acids is 1. The van der Waals surface area contributed by atoms with Gasteiger partial charge in [-0.2, -0.15) is 0 Å². The predicted molar refractivity (Wildman–Crippen MR) is 68.4 cm³/mol. The highest BCUT2D eigenvalue weighted by Gasteiger charge is 2.09. The van der Waals surface area contributed by atoms with Gasteiger partial charge in [0.25, 0.3) is 5.91 Å². The van der Waals surface area contributed by atoms with Gasteiger partial charge >= 0.3 is 0 Å². The molecule has 1 rings (SSSR count). The third-order valence-electron chi connectivity index (χ3n) is 2.21. The van der Waals surface area contributed by atoms with E-state index in [2.05, 4.69) is 10.3 Å². The Bertz CT molecular complexity index is 410. The van der Waals surface area contributed by atoms with Crippen LogP contribution in [0, 0.1) is 6.92 Å². The Morgan fingerprint density at radius 2 is 2.28 bits per heavy atom. The van der Waals surface area contributed by atoms with Gasteiger partial charge in [-0.1, -0.05) is 0 Å². The van der Waals surface area contributed by atoms with Crippen molar-refractivity contribution in [2.75, 3.05) is 26.1 Å². The largest absolute Gasteiger partial charge is 0.480 e. The Kier molecular flexibility index (Phi) is 5.38. The van der Waals surface area contributed by atoms with E-state index in [-0.39, 0.29) is 24.4 Å². The van der Waals surface area contributed by atoms with Crippen LogP contribution in [0.3, 0.4) is 0 Å². The minimum Gasteiger partial charge on any atom is -0.480 e. The molecule has 0 spiro atoms. The first-order valence-electron chi connectivity index (χ1n) is 5.67. The lowest BCUT2D eigenvalue weighted by Crippen LogP contribution is -2.38. The fraction of sp³-hybridized carbons (Fsp3) is 0.500. The molecule has 0 aromatic carbocycles. The third-order valence-corrected chi connectivity index (χ3v) is 2.21. The Balaban J connectivity index is 2.42. The van der Waals surface area contributed by atoms with Gasteiger partial charge in [-0.05, 0) is 26.0 Å². The van der Waals surface area contributed by atoms with Crippen molar-refractivity contribution in [1.29, 1.82) is 0 Å². The highest BCUT2D eigenvalue weighted by molar-refractivity contribution is 5.78. The molecule has 0 aliphatic heterocycles. The molecular formula is C12H19N3O3. The maximum atomic E-state index is 11.5. The summed E-state index contributed by atoms with van der Waals surface area (Å²) < 4.78 is 10.2. The highest BCUT2D eigenvalue weighted by atomic mass is 16.5. The monoisotopic (exact) mass is 253 g/mol. The van der Waals surface area contributed by atoms with Crippen LogP contribution in [0.2, 0.25) is 0 Å². The van der Waals surface area contributed by atoms with Gasteiger partial charge < -0.3 is 20.5 Å². The zero-order chi connectivity index (χ0) is 13.5. The average Bonchev–Trinajstić information content (AvgIpc) is 2.28. The Hall–Kier alpha value is -1.82. The number of nitrogens with one attached hydrogen (secondary N) is 1. The maximum Gasteiger partial charge on any atom is 0.258 e. The molecule has 1 heterocycles. The molecule has 100 valence electrons. The maximum absolute atomic E-state index is 11.5. The predicted octanol–water partition coefficient (Wildman–Crippen LogP) is 0.502. The summed E-state index contributed by atoms with van der Waals surface area (Å²) >= 11 is 0. The van der Waals surface area contributed by atoms with Crippen LogP contribution in [-0.4, -0.2) is 37.3 Å². The number of carbonyl (C=O) groups is 1. The van der Waals surface area contributed by atoms with E-state index in [1.807, 2.05) is 13.8 Å². The molecule has 0 fully saturated rings. The van der Waals surface area contributed by atoms with Gasteiger partial charge in [0.2, 0.25) is 0 Å². The fourth-order valence-corrected chi connectivity index (χ4v) is 1.44. The number of rotatable bonds is 6. The van der Waals surface area contributed by atoms with Crippen LogP contribution >= 0.6 is 0 Å². The lowest BCUT2D eigenvalue weighted by Gasteiger charge is -2.13. The molecule has 1 atom stereocenters. The van der Waals surface area contributed by atoms with Crippen molar-refractivity contribution in [3.63, 3.8) is 0 Å². The molecule has 3 N–H and O–H groups in total. The molecule has 1 unspecified atom stereocenters. The van der Waals surface area contributed by atoms with E-state index in [4.69, 9.17) is 15.2 Å². The summed E-state index contributed by atoms with van der Waals surface area (Å²) in [6.07, 6.45) is 0. The molecule has 18 heavy (non-hydrogen) atoms. The number of ether oxygens (including phenoxy) is 2. The first kappa shape index (κ1) is 14.2. The first-order chi connectivity index (χ1) is 8.52. The normalized spacial score (nSPS) is 11.9. The second-order valence-corrected chi connectivity index (χ2v) is 4.05. The molecule has 1 aromatic heterocycles. The number of nitrogen functional groups attached to an aromatic ring is 1. The Labute approximate surface area is 106 Å². The minimum absolute atomic E-state index is 0.0559. The van der Waals surface area contributed by atoms with Crippen LogP contribution in [-0.2, 0) is 9.53 Å². The lowest BCUT2D eigenvalue weighted by atomic mass is 10.3. The number of hydrogen-bond acceptors (Lipinski definition) is 5. The van der Waals surface area contributed by atoms with Crippen molar-refractivity contribution in [2.24, 2.45) is 0 Å². The van der Waals surface area contributed by atoms with Gasteiger partial charge in [0, 0.05) is 18.8 Å². The second-order valence-electron chi connectivity index (χ2n) is 4.05. The molecule has 0 saturated carbocycles. The fourth-order valence-electron chi connectivity index (χ4n) is 1.44. The SMILES string of the molecule is COCC(C)NC(=O)COc1ccc(C)nc1N. The molecule has 6 nitrogen and oxygen atoms in total. The summed E-state index contributed by atoms with van der Waals surface area (Å²) in [4.78, 5) is 15.6. The quantitative estimate of drug-likeness (QED) is 0.771. The van der Waals surface area contributed by atoms with Gasteiger partial charge in [0.15, 0.2) is 18.2 Å². The van der Waals surface area contributed by atoms with Gasteiger partial charge in [-0.25, -0.2) is 4.98 Å². The average molecular weight is 253 g/mol. The number of nitrogens with two attached hydrogens (primary N) is 1. The van der Waals surface area contributed by atoms with Crippen LogP contribution in [0.15, 0.2) is 12.1 Å². The summed E-state index contributed by atoms with van der Waals surface area (Å²) in [6, 6.07) is 3.42. The van der Waals surface area contributed by atoms with Gasteiger partial charge in [-0.3, -0.25) is 4.79 Å². The third kappa shape index (κ3) is 4.58. The van der Waals surface area contributed by atoms with Gasteiger partial charge in [0.1, 0.15) is 0 Å². The van der Waals surface area contributed by atoms with Crippen LogP contribution in [0.5, 0.6) is 5.75 Å². The number of aryl methyl sites for hydroxylation is 1. The van der Waals surface area contributed by atoms with E-state index in [1.54, 1.807) is 19.2 Å². The van der Waals surface area contributed by atoms with Crippen molar-refractivity contribution >= 4 is 11.7 Å². The van der Waals surface area contributed by atoms with E-state index in [0.717, 1.165) is 5.69 Å². The molecule has 0 saturated heterocycles. The number of anilines is 1. The Morgan fingerprint density at radius 1 is 1.56 bits per heavy atom. The second kappa shape index (κ2) is 6.80. The van der Waals surface area contributed by atoms with Crippen LogP contribution < -0.4 is 15.8 Å². The number of hydrogen-bond donors (Lipinski definition) is 2. The van der Waals surface area contributed by atoms with Crippen molar-refractivity contribution in [3.05, 3.63) is 17.8 Å². The van der Waals surface area contributed by atoms with E-state index < -0.39 is 0 Å². The zero-order valence-corrected chi connectivity index (χ0v) is 10.9. The number of methoxy groups -OCH3 is 1. The van der Waals surface area contributed by atoms with Crippen molar-refractivity contribution in [1.82, 2.24) is 10.3 Å². The zero-order valence-electron chi connectivity index (χ0n) is 10.9. The number of pyridine rings is 1. The minimum atomic E-state index is -0.223. The number of amides is 1. The van der Waals surface area contributed by atoms with Crippen LogP contribution in [0.25, 0.3) is 0 Å². The summed E-state index contributed by atoms with van der Waals surface area (Å²) in [5.41, 5.74) is 6.47. The first-order valence-corrected chi connectivity index (χ1v) is 5.67. The topological polar surface area (TPSA) is 86.5 Å². The Morgan fingerprint density at radius 3 is 2.89 bits per heavy atom. The number of nitrogens with zero attached hydrogens (tertiary/aromatic N) is 1. The summed E-state index contributed by atoms with van der Waals surface area (Å²) in [7, 11) is 1.58. The standard InChI is InChI=1S/C12H19N3O3/c1-8-4-5-10(12(13)15-8)18-7-11(16)14-9(2)6-17-3/h4-5,9H,6-7H2,1-3H3,(H2,13,15)(H,14,16). The summed E-state index contributed by atoms with van der Waals surface area (Å²) in [6.45, 7) is 4.05. The molecule has 1 amide bonds. The van der Waals surface area contributed by atoms with E-state index in [0.29, 0.717) is 12.4 Å². The van der Waals surface area contributed by atoms with Gasteiger partial charge in [0.05, 0.1) is 6.61 Å². The van der Waals surface area contributed by atoms with Crippen molar-refractivity contribution in [2.45, 2.75) is 19.9 Å². The highest BCUT2D eigenvalue weighted by Crippen LogP contribution is 2.18. The van der Waals surface area contributed by atoms with Crippen molar-refractivity contribution in [3.8, 4) is 5.75 Å². The summed E-state index contributed by atoms with van der Waals surface area (Å²) in [5, 5.41) is 2.73. The smallest absolute Gasteiger partial charge is 0.258 e. The van der Waals surface area contributed by atoms with E-state index in [9.17, 15) is 4.79 Å². The summed E-state index contributed by atoms with van der Waals surface area (Å²) in [5.74, 6) is 0.474. The van der Waals surface area contributed by atoms with Crippen molar-refractivity contribution < 1.29 is 14.3 Å². The number of aromatic nitrogens is 1. The molecule has 0 aliphatic rings. The van der Waals surface area contributed by atoms with Crippen LogP contribution in [0.1, 0.15) is 12.6 Å². The van der Waals surface area contributed by atoms with Crippen LogP contribution in [0.4, 0.5) is 5.82 Å². The molecule has 0 radical (unpaired) electrons. The lowest BCUT2D eigenvalue weighted by molar-refractivity contribution is -0.124. The molecule has 1 aromatic rings.